The first-order valence-corrected chi connectivity index (χ1v) is 5.99. The second-order valence-electron chi connectivity index (χ2n) is 4.55. The molecular weight excluding hydrogens is 214 g/mol. The van der Waals surface area contributed by atoms with Gasteiger partial charge in [0.05, 0.1) is 6.42 Å². The lowest BCUT2D eigenvalue weighted by Crippen LogP contribution is -2.10. The molecule has 3 rings (SSSR count). The zero-order chi connectivity index (χ0) is 11.7. The smallest absolute Gasteiger partial charge is 0.231 e. The van der Waals surface area contributed by atoms with Gasteiger partial charge in [0.15, 0.2) is 5.82 Å². The van der Waals surface area contributed by atoms with Gasteiger partial charge in [0.1, 0.15) is 0 Å². The van der Waals surface area contributed by atoms with Crippen molar-refractivity contribution in [3.63, 3.8) is 0 Å². The van der Waals surface area contributed by atoms with Crippen LogP contribution in [0.3, 0.4) is 0 Å². The van der Waals surface area contributed by atoms with Gasteiger partial charge < -0.3 is 10.3 Å². The summed E-state index contributed by atoms with van der Waals surface area (Å²) in [7, 11) is 0. The molecule has 4 nitrogen and oxygen atoms in total. The average Bonchev–Trinajstić information content (AvgIpc) is 2.67. The Morgan fingerprint density at radius 2 is 2.12 bits per heavy atom. The Kier molecular flexibility index (Phi) is 2.55. The van der Waals surface area contributed by atoms with E-state index in [1.807, 2.05) is 24.3 Å². The Morgan fingerprint density at radius 3 is 2.82 bits per heavy atom. The van der Waals surface area contributed by atoms with Crippen molar-refractivity contribution in [3.05, 3.63) is 41.5 Å². The van der Waals surface area contributed by atoms with Crippen LogP contribution in [-0.2, 0) is 6.42 Å². The van der Waals surface area contributed by atoms with Crippen LogP contribution in [0.25, 0.3) is 0 Å². The SMILES string of the molecule is Nc1ccccc1Cc1nc(C2CCC2)no1. The van der Waals surface area contributed by atoms with Gasteiger partial charge in [-0.05, 0) is 24.5 Å². The maximum absolute atomic E-state index is 5.88. The van der Waals surface area contributed by atoms with Crippen LogP contribution in [-0.4, -0.2) is 10.1 Å². The van der Waals surface area contributed by atoms with E-state index in [0.29, 0.717) is 18.2 Å². The summed E-state index contributed by atoms with van der Waals surface area (Å²) < 4.78 is 5.26. The monoisotopic (exact) mass is 229 g/mol. The Bertz CT molecular complexity index is 517. The summed E-state index contributed by atoms with van der Waals surface area (Å²) in [5, 5.41) is 4.04. The van der Waals surface area contributed by atoms with Crippen molar-refractivity contribution in [2.75, 3.05) is 5.73 Å². The highest BCUT2D eigenvalue weighted by atomic mass is 16.5. The van der Waals surface area contributed by atoms with Crippen molar-refractivity contribution in [2.45, 2.75) is 31.6 Å². The van der Waals surface area contributed by atoms with Crippen molar-refractivity contribution in [2.24, 2.45) is 0 Å². The van der Waals surface area contributed by atoms with Gasteiger partial charge in [0, 0.05) is 11.6 Å². The van der Waals surface area contributed by atoms with Crippen LogP contribution in [0, 0.1) is 0 Å². The van der Waals surface area contributed by atoms with Gasteiger partial charge in [0.2, 0.25) is 5.89 Å². The molecule has 0 saturated heterocycles. The van der Waals surface area contributed by atoms with Gasteiger partial charge in [-0.2, -0.15) is 4.98 Å². The fourth-order valence-corrected chi connectivity index (χ4v) is 2.03. The van der Waals surface area contributed by atoms with E-state index >= 15 is 0 Å². The van der Waals surface area contributed by atoms with Crippen LogP contribution < -0.4 is 5.73 Å². The Labute approximate surface area is 99.8 Å². The third-order valence-corrected chi connectivity index (χ3v) is 3.35. The van der Waals surface area contributed by atoms with Crippen LogP contribution >= 0.6 is 0 Å². The van der Waals surface area contributed by atoms with Crippen LogP contribution in [0.5, 0.6) is 0 Å². The molecule has 0 unspecified atom stereocenters. The molecule has 1 fully saturated rings. The van der Waals surface area contributed by atoms with E-state index in [1.165, 1.54) is 19.3 Å². The van der Waals surface area contributed by atoms with Gasteiger partial charge in [-0.15, -0.1) is 0 Å². The van der Waals surface area contributed by atoms with E-state index in [0.717, 1.165) is 17.1 Å². The third-order valence-electron chi connectivity index (χ3n) is 3.35. The number of hydrogen-bond acceptors (Lipinski definition) is 4. The summed E-state index contributed by atoms with van der Waals surface area (Å²) in [5.41, 5.74) is 7.69. The molecule has 0 atom stereocenters. The number of para-hydroxylation sites is 1. The highest BCUT2D eigenvalue weighted by Crippen LogP contribution is 2.34. The summed E-state index contributed by atoms with van der Waals surface area (Å²) in [6, 6.07) is 7.77. The number of anilines is 1. The summed E-state index contributed by atoms with van der Waals surface area (Å²) in [6.07, 6.45) is 4.27. The molecule has 1 saturated carbocycles. The molecule has 4 heteroatoms. The summed E-state index contributed by atoms with van der Waals surface area (Å²) in [5.74, 6) is 2.03. The average molecular weight is 229 g/mol. The first kappa shape index (κ1) is 10.3. The molecule has 1 aliphatic carbocycles. The number of rotatable bonds is 3. The molecule has 0 spiro atoms. The molecule has 88 valence electrons. The summed E-state index contributed by atoms with van der Waals surface area (Å²) >= 11 is 0. The predicted octanol–water partition coefficient (Wildman–Crippen LogP) is 2.51. The maximum Gasteiger partial charge on any atom is 0.231 e. The highest BCUT2D eigenvalue weighted by Gasteiger charge is 2.24. The van der Waals surface area contributed by atoms with Gasteiger partial charge >= 0.3 is 0 Å². The fourth-order valence-electron chi connectivity index (χ4n) is 2.03. The first-order valence-electron chi connectivity index (χ1n) is 5.99. The van der Waals surface area contributed by atoms with Crippen molar-refractivity contribution >= 4 is 5.69 Å². The maximum atomic E-state index is 5.88. The van der Waals surface area contributed by atoms with Gasteiger partial charge in [0.25, 0.3) is 0 Å². The molecule has 0 radical (unpaired) electrons. The Balaban J connectivity index is 1.76. The van der Waals surface area contributed by atoms with Crippen LogP contribution in [0.2, 0.25) is 0 Å². The second kappa shape index (κ2) is 4.20. The molecule has 2 N–H and O–H groups in total. The molecule has 1 aromatic heterocycles. The topological polar surface area (TPSA) is 64.9 Å². The lowest BCUT2D eigenvalue weighted by Gasteiger charge is -2.20. The largest absolute Gasteiger partial charge is 0.398 e. The standard InChI is InChI=1S/C13H15N3O/c14-11-7-2-1-4-10(11)8-12-15-13(16-17-12)9-5-3-6-9/h1-2,4,7,9H,3,5-6,8,14H2. The van der Waals surface area contributed by atoms with Gasteiger partial charge in [-0.1, -0.05) is 29.8 Å². The van der Waals surface area contributed by atoms with Crippen molar-refractivity contribution < 1.29 is 4.52 Å². The number of nitrogens with zero attached hydrogens (tertiary/aromatic N) is 2. The first-order chi connectivity index (χ1) is 8.33. The van der Waals surface area contributed by atoms with E-state index in [9.17, 15) is 0 Å². The van der Waals surface area contributed by atoms with E-state index < -0.39 is 0 Å². The molecule has 1 heterocycles. The van der Waals surface area contributed by atoms with Crippen molar-refractivity contribution in [1.82, 2.24) is 10.1 Å². The molecule has 1 aromatic carbocycles. The predicted molar refractivity (Wildman–Crippen MR) is 64.6 cm³/mol. The fraction of sp³-hybridized carbons (Fsp3) is 0.385. The minimum Gasteiger partial charge on any atom is -0.398 e. The molecule has 0 amide bonds. The number of hydrogen-bond donors (Lipinski definition) is 1. The molecular formula is C13H15N3O. The zero-order valence-electron chi connectivity index (χ0n) is 9.60. The lowest BCUT2D eigenvalue weighted by molar-refractivity contribution is 0.350. The van der Waals surface area contributed by atoms with E-state index in [-0.39, 0.29) is 0 Å². The minimum absolute atomic E-state index is 0.514. The second-order valence-corrected chi connectivity index (χ2v) is 4.55. The van der Waals surface area contributed by atoms with Crippen LogP contribution in [0.15, 0.2) is 28.8 Å². The molecule has 0 bridgehead atoms. The van der Waals surface area contributed by atoms with E-state index in [1.54, 1.807) is 0 Å². The molecule has 17 heavy (non-hydrogen) atoms. The van der Waals surface area contributed by atoms with E-state index in [2.05, 4.69) is 10.1 Å². The van der Waals surface area contributed by atoms with Gasteiger partial charge in [-0.25, -0.2) is 0 Å². The zero-order valence-corrected chi connectivity index (χ0v) is 9.60. The quantitative estimate of drug-likeness (QED) is 0.821. The number of nitrogen functional groups attached to an aromatic ring is 1. The van der Waals surface area contributed by atoms with Crippen LogP contribution in [0.1, 0.15) is 42.5 Å². The van der Waals surface area contributed by atoms with E-state index in [4.69, 9.17) is 10.3 Å². The molecule has 2 aromatic rings. The number of benzene rings is 1. The number of aromatic nitrogens is 2. The highest BCUT2D eigenvalue weighted by molar-refractivity contribution is 5.47. The number of nitrogens with two attached hydrogens (primary N) is 1. The van der Waals surface area contributed by atoms with Crippen molar-refractivity contribution in [1.29, 1.82) is 0 Å². The Morgan fingerprint density at radius 1 is 1.29 bits per heavy atom. The van der Waals surface area contributed by atoms with Gasteiger partial charge in [-0.3, -0.25) is 0 Å². The summed E-state index contributed by atoms with van der Waals surface area (Å²) in [6.45, 7) is 0. The normalized spacial score (nSPS) is 15.8. The lowest BCUT2D eigenvalue weighted by atomic mass is 9.85. The molecule has 0 aliphatic heterocycles. The van der Waals surface area contributed by atoms with Crippen LogP contribution in [0.4, 0.5) is 5.69 Å². The Hall–Kier alpha value is -1.84. The van der Waals surface area contributed by atoms with Crippen molar-refractivity contribution in [3.8, 4) is 0 Å². The third kappa shape index (κ3) is 2.02. The molecule has 1 aliphatic rings. The minimum atomic E-state index is 0.514. The summed E-state index contributed by atoms with van der Waals surface area (Å²) in [4.78, 5) is 4.44.